The molecule has 0 spiro atoms. The summed E-state index contributed by atoms with van der Waals surface area (Å²) in [4.78, 5) is 8.56. The number of anilines is 1. The minimum atomic E-state index is 0.0709. The average molecular weight is 282 g/mol. The second-order valence-electron chi connectivity index (χ2n) is 4.69. The summed E-state index contributed by atoms with van der Waals surface area (Å²) in [6, 6.07) is 6.73. The molecule has 21 heavy (non-hydrogen) atoms. The molecule has 0 saturated heterocycles. The summed E-state index contributed by atoms with van der Waals surface area (Å²) in [6.45, 7) is 2.66. The Kier molecular flexibility index (Phi) is 4.75. The van der Waals surface area contributed by atoms with Crippen molar-refractivity contribution >= 4 is 5.82 Å². The summed E-state index contributed by atoms with van der Waals surface area (Å²) in [5.41, 5.74) is 7.04. The molecule has 5 nitrogen and oxygen atoms in total. The Morgan fingerprint density at radius 1 is 1.43 bits per heavy atom. The lowest BCUT2D eigenvalue weighted by Crippen LogP contribution is -2.28. The number of aromatic nitrogens is 2. The van der Waals surface area contributed by atoms with Crippen molar-refractivity contribution in [3.8, 4) is 29.5 Å². The summed E-state index contributed by atoms with van der Waals surface area (Å²) < 4.78 is 0. The van der Waals surface area contributed by atoms with Gasteiger partial charge >= 0.3 is 0 Å². The number of nitrogens with zero attached hydrogens (tertiary/aromatic N) is 2. The van der Waals surface area contributed by atoms with Gasteiger partial charge in [-0.05, 0) is 30.7 Å². The molecule has 0 aliphatic rings. The van der Waals surface area contributed by atoms with Crippen molar-refractivity contribution in [1.29, 1.82) is 0 Å². The molecule has 0 amide bonds. The Morgan fingerprint density at radius 2 is 2.24 bits per heavy atom. The minimum Gasteiger partial charge on any atom is -0.507 e. The van der Waals surface area contributed by atoms with Crippen LogP contribution in [0.1, 0.15) is 18.9 Å². The van der Waals surface area contributed by atoms with Gasteiger partial charge in [-0.15, -0.1) is 6.42 Å². The number of nitrogens with two attached hydrogens (primary N) is 1. The molecular weight excluding hydrogens is 264 g/mol. The third-order valence-corrected chi connectivity index (χ3v) is 3.13. The fourth-order valence-electron chi connectivity index (χ4n) is 1.77. The van der Waals surface area contributed by atoms with Gasteiger partial charge in [-0.2, -0.15) is 0 Å². The smallest absolute Gasteiger partial charge is 0.165 e. The van der Waals surface area contributed by atoms with Crippen molar-refractivity contribution < 1.29 is 5.11 Å². The zero-order valence-electron chi connectivity index (χ0n) is 11.9. The topological polar surface area (TPSA) is 84.1 Å². The van der Waals surface area contributed by atoms with Crippen LogP contribution < -0.4 is 11.1 Å². The van der Waals surface area contributed by atoms with Crippen LogP contribution in [0.2, 0.25) is 0 Å². The van der Waals surface area contributed by atoms with Crippen molar-refractivity contribution in [2.24, 2.45) is 5.73 Å². The first kappa shape index (κ1) is 14.8. The molecule has 1 aromatic heterocycles. The summed E-state index contributed by atoms with van der Waals surface area (Å²) >= 11 is 0. The van der Waals surface area contributed by atoms with Crippen molar-refractivity contribution in [2.45, 2.75) is 19.4 Å². The molecule has 0 aliphatic heterocycles. The highest BCUT2D eigenvalue weighted by atomic mass is 16.3. The van der Waals surface area contributed by atoms with E-state index >= 15 is 0 Å². The lowest BCUT2D eigenvalue weighted by molar-refractivity contribution is 0.477. The monoisotopic (exact) mass is 282 g/mol. The first-order valence-corrected chi connectivity index (χ1v) is 6.76. The van der Waals surface area contributed by atoms with E-state index in [0.29, 0.717) is 29.3 Å². The summed E-state index contributed by atoms with van der Waals surface area (Å²) in [5, 5.41) is 13.1. The first-order valence-electron chi connectivity index (χ1n) is 6.76. The predicted octanol–water partition coefficient (Wildman–Crippen LogP) is 1.98. The number of rotatable bonds is 5. The summed E-state index contributed by atoms with van der Waals surface area (Å²) in [7, 11) is 0. The van der Waals surface area contributed by atoms with Crippen molar-refractivity contribution in [2.75, 3.05) is 11.9 Å². The number of hydrogen-bond acceptors (Lipinski definition) is 5. The number of nitrogens with one attached hydrogen (secondary N) is 1. The van der Waals surface area contributed by atoms with Crippen molar-refractivity contribution in [1.82, 2.24) is 9.97 Å². The van der Waals surface area contributed by atoms with E-state index in [1.807, 2.05) is 6.92 Å². The molecule has 2 aromatic rings. The molecule has 1 unspecified atom stereocenters. The average Bonchev–Trinajstić information content (AvgIpc) is 2.53. The highest BCUT2D eigenvalue weighted by Crippen LogP contribution is 2.27. The predicted molar refractivity (Wildman–Crippen MR) is 83.8 cm³/mol. The molecule has 5 heteroatoms. The van der Waals surface area contributed by atoms with Crippen LogP contribution in [-0.4, -0.2) is 27.7 Å². The molecule has 0 radical (unpaired) electrons. The highest BCUT2D eigenvalue weighted by molar-refractivity contribution is 5.67. The van der Waals surface area contributed by atoms with Crippen LogP contribution in [0.25, 0.3) is 11.4 Å². The second-order valence-corrected chi connectivity index (χ2v) is 4.69. The van der Waals surface area contributed by atoms with Gasteiger partial charge in [0.1, 0.15) is 11.6 Å². The summed E-state index contributed by atoms with van der Waals surface area (Å²) in [5.74, 6) is 3.70. The standard InChI is InChI=1S/C16H18N4O/c1-3-11-5-6-14(21)13(9-11)16-18-8-7-15(20-16)19-10-12(17)4-2/h1,5-9,12,21H,4,10,17H2,2H3,(H,18,19,20). The quantitative estimate of drug-likeness (QED) is 0.730. The maximum absolute atomic E-state index is 9.94. The second kappa shape index (κ2) is 6.73. The largest absolute Gasteiger partial charge is 0.507 e. The third-order valence-electron chi connectivity index (χ3n) is 3.13. The van der Waals surface area contributed by atoms with E-state index < -0.39 is 0 Å². The minimum absolute atomic E-state index is 0.0709. The zero-order chi connectivity index (χ0) is 15.2. The molecule has 108 valence electrons. The number of terminal acetylenes is 1. The van der Waals surface area contributed by atoms with E-state index in [-0.39, 0.29) is 11.8 Å². The van der Waals surface area contributed by atoms with Gasteiger partial charge in [-0.25, -0.2) is 9.97 Å². The number of phenolic OH excluding ortho intramolecular Hbond substituents is 1. The van der Waals surface area contributed by atoms with Gasteiger partial charge < -0.3 is 16.2 Å². The Morgan fingerprint density at radius 3 is 2.95 bits per heavy atom. The number of hydrogen-bond donors (Lipinski definition) is 3. The molecule has 1 atom stereocenters. The van der Waals surface area contributed by atoms with Gasteiger partial charge in [0, 0.05) is 24.3 Å². The molecule has 0 fully saturated rings. The molecular formula is C16H18N4O. The number of aromatic hydroxyl groups is 1. The van der Waals surface area contributed by atoms with Gasteiger partial charge in [-0.3, -0.25) is 0 Å². The molecule has 0 saturated carbocycles. The Balaban J connectivity index is 2.27. The zero-order valence-corrected chi connectivity index (χ0v) is 11.9. The molecule has 1 heterocycles. The van der Waals surface area contributed by atoms with E-state index in [9.17, 15) is 5.11 Å². The van der Waals surface area contributed by atoms with Crippen LogP contribution in [0.5, 0.6) is 5.75 Å². The van der Waals surface area contributed by atoms with Gasteiger partial charge in [0.15, 0.2) is 5.82 Å². The van der Waals surface area contributed by atoms with E-state index in [2.05, 4.69) is 21.2 Å². The van der Waals surface area contributed by atoms with Crippen molar-refractivity contribution in [3.05, 3.63) is 36.0 Å². The SMILES string of the molecule is C#Cc1ccc(O)c(-c2nccc(NCC(N)CC)n2)c1. The van der Waals surface area contributed by atoms with Crippen LogP contribution in [0.15, 0.2) is 30.5 Å². The van der Waals surface area contributed by atoms with Crippen LogP contribution >= 0.6 is 0 Å². The Bertz CT molecular complexity index is 664. The van der Waals surface area contributed by atoms with Crippen LogP contribution in [0.4, 0.5) is 5.82 Å². The molecule has 1 aromatic carbocycles. The third kappa shape index (κ3) is 3.71. The molecule has 4 N–H and O–H groups in total. The van der Waals surface area contributed by atoms with Gasteiger partial charge in [0.25, 0.3) is 0 Å². The lowest BCUT2D eigenvalue weighted by Gasteiger charge is -2.11. The number of phenols is 1. The highest BCUT2D eigenvalue weighted by Gasteiger charge is 2.09. The Hall–Kier alpha value is -2.58. The van der Waals surface area contributed by atoms with Crippen LogP contribution in [-0.2, 0) is 0 Å². The maximum atomic E-state index is 9.94. The fraction of sp³-hybridized carbons (Fsp3) is 0.250. The van der Waals surface area contributed by atoms with Crippen molar-refractivity contribution in [3.63, 3.8) is 0 Å². The van der Waals surface area contributed by atoms with Crippen LogP contribution in [0.3, 0.4) is 0 Å². The Labute approximate surface area is 124 Å². The van der Waals surface area contributed by atoms with E-state index in [4.69, 9.17) is 12.2 Å². The van der Waals surface area contributed by atoms with E-state index in [0.717, 1.165) is 6.42 Å². The first-order chi connectivity index (χ1) is 10.1. The van der Waals surface area contributed by atoms with Gasteiger partial charge in [-0.1, -0.05) is 12.8 Å². The van der Waals surface area contributed by atoms with Crippen LogP contribution in [0, 0.1) is 12.3 Å². The fourth-order valence-corrected chi connectivity index (χ4v) is 1.77. The van der Waals surface area contributed by atoms with Gasteiger partial charge in [0.2, 0.25) is 0 Å². The molecule has 2 rings (SSSR count). The lowest BCUT2D eigenvalue weighted by atomic mass is 10.1. The molecule has 0 bridgehead atoms. The van der Waals surface area contributed by atoms with E-state index in [1.54, 1.807) is 30.5 Å². The maximum Gasteiger partial charge on any atom is 0.165 e. The summed E-state index contributed by atoms with van der Waals surface area (Å²) in [6.07, 6.45) is 7.89. The van der Waals surface area contributed by atoms with Gasteiger partial charge in [0.05, 0.1) is 5.56 Å². The normalized spacial score (nSPS) is 11.7. The molecule has 0 aliphatic carbocycles. The number of benzene rings is 1. The van der Waals surface area contributed by atoms with E-state index in [1.165, 1.54) is 0 Å².